The van der Waals surface area contributed by atoms with Crippen LogP contribution in [0.25, 0.3) is 0 Å². The van der Waals surface area contributed by atoms with Crippen molar-refractivity contribution >= 4 is 18.1 Å². The molecule has 1 aromatic heterocycles. The fourth-order valence-corrected chi connectivity index (χ4v) is 4.38. The van der Waals surface area contributed by atoms with Crippen molar-refractivity contribution in [2.75, 3.05) is 0 Å². The monoisotopic (exact) mass is 439 g/mol. The number of nitrogens with two attached hydrogens (primary N) is 1. The molecule has 7 N–H and O–H groups in total. The average Bonchev–Trinajstić information content (AvgIpc) is 3.05. The van der Waals surface area contributed by atoms with Gasteiger partial charge in [-0.1, -0.05) is 41.5 Å². The van der Waals surface area contributed by atoms with Crippen LogP contribution in [-0.2, 0) is 11.3 Å². The third-order valence-corrected chi connectivity index (χ3v) is 6.02. The summed E-state index contributed by atoms with van der Waals surface area (Å²) in [4.78, 5) is 35.9. The Balaban J connectivity index is 2.39. The zero-order chi connectivity index (χ0) is 23.8. The quantitative estimate of drug-likeness (QED) is 0.338. The molecule has 1 aliphatic rings. The number of nitrogens with one attached hydrogen (secondary N) is 3. The van der Waals surface area contributed by atoms with Crippen molar-refractivity contribution in [1.82, 2.24) is 30.9 Å². The highest BCUT2D eigenvalue weighted by Crippen LogP contribution is 2.48. The number of hydrogen-bond donors (Lipinski definition) is 6. The summed E-state index contributed by atoms with van der Waals surface area (Å²) < 4.78 is 0. The predicted molar refractivity (Wildman–Crippen MR) is 111 cm³/mol. The van der Waals surface area contributed by atoms with Gasteiger partial charge in [0.05, 0.1) is 30.4 Å². The molecule has 1 fully saturated rings. The molecule has 12 heteroatoms. The molecule has 1 aliphatic heterocycles. The molecule has 174 valence electrons. The Morgan fingerprint density at radius 1 is 1.19 bits per heavy atom. The maximum absolute atomic E-state index is 11.7. The first-order valence-corrected chi connectivity index (χ1v) is 10.0. The van der Waals surface area contributed by atoms with E-state index in [1.54, 1.807) is 0 Å². The van der Waals surface area contributed by atoms with Crippen molar-refractivity contribution < 1.29 is 24.6 Å². The van der Waals surface area contributed by atoms with Crippen LogP contribution in [0.5, 0.6) is 0 Å². The van der Waals surface area contributed by atoms with Crippen LogP contribution in [0.4, 0.5) is 9.59 Å². The van der Waals surface area contributed by atoms with Crippen molar-refractivity contribution in [3.63, 3.8) is 0 Å². The number of carbonyl (C=O) groups is 3. The summed E-state index contributed by atoms with van der Waals surface area (Å²) in [6.45, 7) is 11.7. The van der Waals surface area contributed by atoms with E-state index in [0.29, 0.717) is 5.69 Å². The summed E-state index contributed by atoms with van der Waals surface area (Å²) in [6, 6.07) is -1.78. The number of β-lactam (4-membered cyclic amide) rings is 1. The molecule has 0 radical (unpaired) electrons. The van der Waals surface area contributed by atoms with Gasteiger partial charge in [-0.15, -0.1) is 0 Å². The van der Waals surface area contributed by atoms with Gasteiger partial charge in [-0.2, -0.15) is 15.0 Å². The van der Waals surface area contributed by atoms with Crippen LogP contribution in [0, 0.1) is 10.8 Å². The number of hydrogen-bond acceptors (Lipinski definition) is 6. The fourth-order valence-electron chi connectivity index (χ4n) is 4.38. The number of nitrogens with zero attached hydrogens (tertiary/aromatic N) is 3. The summed E-state index contributed by atoms with van der Waals surface area (Å²) >= 11 is 0. The Morgan fingerprint density at radius 2 is 1.77 bits per heavy atom. The minimum absolute atomic E-state index is 0.108. The zero-order valence-electron chi connectivity index (χ0n) is 18.8. The molecule has 2 heterocycles. The second-order valence-corrected chi connectivity index (χ2v) is 10.0. The van der Waals surface area contributed by atoms with Crippen LogP contribution in [0.15, 0.2) is 6.20 Å². The Hall–Kier alpha value is -2.89. The van der Waals surface area contributed by atoms with E-state index in [0.717, 1.165) is 0 Å². The van der Waals surface area contributed by atoms with Gasteiger partial charge in [0.25, 0.3) is 0 Å². The van der Waals surface area contributed by atoms with Crippen molar-refractivity contribution in [3.8, 4) is 0 Å². The molecule has 2 rings (SSSR count). The van der Waals surface area contributed by atoms with E-state index in [-0.39, 0.29) is 24.9 Å². The van der Waals surface area contributed by atoms with Gasteiger partial charge < -0.3 is 31.9 Å². The summed E-state index contributed by atoms with van der Waals surface area (Å²) in [5.74, 6) is -0.248. The van der Waals surface area contributed by atoms with Crippen molar-refractivity contribution in [1.29, 1.82) is 0 Å². The highest BCUT2D eigenvalue weighted by molar-refractivity contribution is 5.88. The first-order valence-electron chi connectivity index (χ1n) is 10.0. The summed E-state index contributed by atoms with van der Waals surface area (Å²) in [7, 11) is 0. The van der Waals surface area contributed by atoms with Crippen LogP contribution in [0.1, 0.15) is 59.7 Å². The molecule has 3 atom stereocenters. The van der Waals surface area contributed by atoms with Crippen LogP contribution in [0.3, 0.4) is 0 Å². The lowest BCUT2D eigenvalue weighted by Gasteiger charge is -2.54. The zero-order valence-corrected chi connectivity index (χ0v) is 18.8. The van der Waals surface area contributed by atoms with E-state index >= 15 is 0 Å². The smallest absolute Gasteiger partial charge is 0.405 e. The number of rotatable bonds is 7. The Morgan fingerprint density at radius 3 is 2.19 bits per heavy atom. The lowest BCUT2D eigenvalue weighted by Crippen LogP contribution is -2.68. The Kier molecular flexibility index (Phi) is 6.55. The molecule has 0 aliphatic carbocycles. The van der Waals surface area contributed by atoms with Crippen LogP contribution in [-0.4, -0.2) is 60.9 Å². The normalized spacial score (nSPS) is 20.4. The van der Waals surface area contributed by atoms with Crippen LogP contribution >= 0.6 is 0 Å². The van der Waals surface area contributed by atoms with Gasteiger partial charge in [-0.25, -0.2) is 9.59 Å². The van der Waals surface area contributed by atoms with E-state index in [4.69, 9.17) is 5.73 Å². The first-order chi connectivity index (χ1) is 14.1. The molecule has 0 unspecified atom stereocenters. The van der Waals surface area contributed by atoms with E-state index in [1.807, 2.05) is 41.5 Å². The maximum atomic E-state index is 11.7. The number of carbonyl (C=O) groups excluding carboxylic acids is 1. The predicted octanol–water partition coefficient (Wildman–Crippen LogP) is 0.901. The van der Waals surface area contributed by atoms with Crippen LogP contribution < -0.4 is 21.7 Å². The molecule has 0 bridgehead atoms. The summed E-state index contributed by atoms with van der Waals surface area (Å²) in [6.07, 6.45) is -0.919. The van der Waals surface area contributed by atoms with Gasteiger partial charge in [-0.3, -0.25) is 4.79 Å². The third kappa shape index (κ3) is 5.06. The molecule has 0 saturated carbocycles. The average molecular weight is 440 g/mol. The van der Waals surface area contributed by atoms with E-state index in [9.17, 15) is 24.6 Å². The molecule has 3 amide bonds. The molecule has 1 aromatic rings. The van der Waals surface area contributed by atoms with E-state index in [2.05, 4.69) is 26.1 Å². The lowest BCUT2D eigenvalue weighted by molar-refractivity contribution is -0.130. The molecular formula is C19H33N7O5. The van der Waals surface area contributed by atoms with Crippen molar-refractivity contribution in [2.24, 2.45) is 16.6 Å². The molecule has 0 spiro atoms. The number of carboxylic acid groups (broad SMARTS) is 2. The molecule has 12 nitrogen and oxygen atoms in total. The lowest BCUT2D eigenvalue weighted by atomic mass is 9.57. The van der Waals surface area contributed by atoms with Crippen molar-refractivity contribution in [2.45, 2.75) is 78.2 Å². The summed E-state index contributed by atoms with van der Waals surface area (Å²) in [5, 5.41) is 35.4. The van der Waals surface area contributed by atoms with Gasteiger partial charge in [0.1, 0.15) is 11.7 Å². The molecule has 0 aromatic carbocycles. The largest absolute Gasteiger partial charge is 0.465 e. The van der Waals surface area contributed by atoms with Crippen LogP contribution in [0.2, 0.25) is 0 Å². The maximum Gasteiger partial charge on any atom is 0.405 e. The Labute approximate surface area is 180 Å². The SMILES string of the molecule is CC(C)(C)C(C[C@H](NC(=O)O)c1cnn(C[C@H]2NC(=O)[C@H]2N)n1)(NC(=O)O)C(C)(C)C. The number of aromatic nitrogens is 3. The van der Waals surface area contributed by atoms with Gasteiger partial charge in [0, 0.05) is 0 Å². The topological polar surface area (TPSA) is 184 Å². The molecule has 31 heavy (non-hydrogen) atoms. The molecular weight excluding hydrogens is 406 g/mol. The standard InChI is InChI=1S/C19H33N7O5/c1-17(2,3)19(18(4,5)6,24-16(30)31)7-10(23-15(28)29)11-8-21-26(25-11)9-12-13(20)14(27)22-12/h8,10,12-13,23-24H,7,9,20H2,1-6H3,(H,22,27)(H,28,29)(H,30,31)/t10-,12+,13-/m0/s1. The second kappa shape index (κ2) is 8.33. The second-order valence-electron chi connectivity index (χ2n) is 10.0. The van der Waals surface area contributed by atoms with E-state index < -0.39 is 40.6 Å². The minimum Gasteiger partial charge on any atom is -0.465 e. The highest BCUT2D eigenvalue weighted by Gasteiger charge is 2.53. The molecule has 1 saturated heterocycles. The number of amides is 3. The highest BCUT2D eigenvalue weighted by atomic mass is 16.4. The Bertz CT molecular complexity index is 825. The fraction of sp³-hybridized carbons (Fsp3) is 0.737. The summed E-state index contributed by atoms with van der Waals surface area (Å²) in [5.41, 5.74) is 3.92. The minimum atomic E-state index is -1.26. The van der Waals surface area contributed by atoms with Gasteiger partial charge >= 0.3 is 12.2 Å². The third-order valence-electron chi connectivity index (χ3n) is 6.02. The first kappa shape index (κ1) is 24.4. The van der Waals surface area contributed by atoms with E-state index in [1.165, 1.54) is 11.0 Å². The van der Waals surface area contributed by atoms with Crippen molar-refractivity contribution in [3.05, 3.63) is 11.9 Å². The van der Waals surface area contributed by atoms with Gasteiger partial charge in [0.15, 0.2) is 0 Å². The van der Waals surface area contributed by atoms with Gasteiger partial charge in [0.2, 0.25) is 5.91 Å². The van der Waals surface area contributed by atoms with Gasteiger partial charge in [-0.05, 0) is 17.3 Å².